The Labute approximate surface area is 217 Å². The minimum atomic E-state index is -0.360. The van der Waals surface area contributed by atoms with E-state index in [9.17, 15) is 4.79 Å². The Balaban J connectivity index is 1.64. The maximum atomic E-state index is 13.3. The van der Waals surface area contributed by atoms with Crippen molar-refractivity contribution in [1.82, 2.24) is 4.98 Å². The summed E-state index contributed by atoms with van der Waals surface area (Å²) in [4.78, 5) is 19.2. The van der Waals surface area contributed by atoms with Crippen molar-refractivity contribution in [2.75, 3.05) is 25.3 Å². The van der Waals surface area contributed by atoms with Crippen molar-refractivity contribution in [2.24, 2.45) is 0 Å². The van der Waals surface area contributed by atoms with Gasteiger partial charge in [-0.25, -0.2) is 4.98 Å². The molecule has 36 heavy (non-hydrogen) atoms. The van der Waals surface area contributed by atoms with Crippen LogP contribution in [0.5, 0.6) is 11.5 Å². The molecule has 3 aromatic carbocycles. The fourth-order valence-corrected chi connectivity index (χ4v) is 5.19. The van der Waals surface area contributed by atoms with Gasteiger partial charge in [0, 0.05) is 16.0 Å². The number of thiophene rings is 1. The van der Waals surface area contributed by atoms with Gasteiger partial charge in [-0.05, 0) is 59.7 Å². The van der Waals surface area contributed by atoms with Crippen LogP contribution in [0.25, 0.3) is 32.6 Å². The molecule has 5 aromatic rings. The van der Waals surface area contributed by atoms with Gasteiger partial charge in [-0.3, -0.25) is 4.79 Å². The third-order valence-electron chi connectivity index (χ3n) is 5.79. The molecule has 0 saturated heterocycles. The lowest BCUT2D eigenvalue weighted by Crippen LogP contribution is -2.12. The number of methoxy groups -OCH3 is 2. The molecule has 0 saturated carbocycles. The van der Waals surface area contributed by atoms with Crippen LogP contribution in [0.2, 0.25) is 5.02 Å². The molecule has 0 bridgehead atoms. The second-order valence-electron chi connectivity index (χ2n) is 7.97. The maximum absolute atomic E-state index is 13.3. The van der Waals surface area contributed by atoms with Crippen molar-refractivity contribution in [3.8, 4) is 33.9 Å². The van der Waals surface area contributed by atoms with E-state index in [0.29, 0.717) is 31.9 Å². The smallest absolute Gasteiger partial charge is 0.268 e. The van der Waals surface area contributed by atoms with Gasteiger partial charge in [0.2, 0.25) is 0 Å². The number of fused-ring (bicyclic) bond motifs is 1. The highest BCUT2D eigenvalue weighted by atomic mass is 35.5. The molecule has 0 aliphatic carbocycles. The third-order valence-corrected chi connectivity index (χ3v) is 7.12. The minimum absolute atomic E-state index is 0.360. The molecule has 0 unspecified atom stereocenters. The standard InChI is InChI=1S/C28H22ClN3O3S/c1-34-19-11-8-17(9-12-19)21-15-20(16-6-4-3-5-7-16)24-25(30)26(36-28(24)32-21)27(33)31-22-14-18(29)10-13-23(22)35-2/h3-15H,30H2,1-2H3,(H,31,33). The number of carbonyl (C=O) groups is 1. The maximum Gasteiger partial charge on any atom is 0.268 e. The van der Waals surface area contributed by atoms with Crippen LogP contribution in [0, 0.1) is 0 Å². The fourth-order valence-electron chi connectivity index (χ4n) is 4.00. The van der Waals surface area contributed by atoms with E-state index < -0.39 is 0 Å². The molecule has 3 N–H and O–H groups in total. The average molecular weight is 516 g/mol. The second kappa shape index (κ2) is 9.89. The number of nitrogen functional groups attached to an aromatic ring is 1. The molecule has 5 rings (SSSR count). The topological polar surface area (TPSA) is 86.5 Å². The van der Waals surface area contributed by atoms with Crippen LogP contribution in [0.3, 0.4) is 0 Å². The van der Waals surface area contributed by atoms with Crippen molar-refractivity contribution in [3.05, 3.63) is 88.8 Å². The van der Waals surface area contributed by atoms with Gasteiger partial charge in [-0.2, -0.15) is 0 Å². The number of halogens is 1. The number of anilines is 2. The first kappa shape index (κ1) is 23.7. The Bertz CT molecular complexity index is 1570. The Morgan fingerprint density at radius 1 is 0.944 bits per heavy atom. The number of rotatable bonds is 6. The molecule has 0 spiro atoms. The normalized spacial score (nSPS) is 10.9. The SMILES string of the molecule is COc1ccc(-c2cc(-c3ccccc3)c3c(N)c(C(=O)Nc4cc(Cl)ccc4OC)sc3n2)cc1. The van der Waals surface area contributed by atoms with Crippen LogP contribution in [-0.2, 0) is 0 Å². The highest BCUT2D eigenvalue weighted by Gasteiger charge is 2.22. The van der Waals surface area contributed by atoms with Gasteiger partial charge in [0.25, 0.3) is 5.91 Å². The number of ether oxygens (including phenoxy) is 2. The zero-order valence-corrected chi connectivity index (χ0v) is 21.1. The lowest BCUT2D eigenvalue weighted by Gasteiger charge is -2.10. The highest BCUT2D eigenvalue weighted by molar-refractivity contribution is 7.21. The summed E-state index contributed by atoms with van der Waals surface area (Å²) >= 11 is 7.38. The van der Waals surface area contributed by atoms with Crippen molar-refractivity contribution in [2.45, 2.75) is 0 Å². The molecule has 0 aliphatic heterocycles. The van der Waals surface area contributed by atoms with Gasteiger partial charge >= 0.3 is 0 Å². The summed E-state index contributed by atoms with van der Waals surface area (Å²) in [6.07, 6.45) is 0. The zero-order chi connectivity index (χ0) is 25.2. The van der Waals surface area contributed by atoms with E-state index in [4.69, 9.17) is 31.8 Å². The summed E-state index contributed by atoms with van der Waals surface area (Å²) in [5.41, 5.74) is 11.0. The molecule has 180 valence electrons. The van der Waals surface area contributed by atoms with Gasteiger partial charge in [0.15, 0.2) is 0 Å². The van der Waals surface area contributed by atoms with Gasteiger partial charge in [0.05, 0.1) is 31.3 Å². The van der Waals surface area contributed by atoms with E-state index in [2.05, 4.69) is 5.32 Å². The van der Waals surface area contributed by atoms with Gasteiger partial charge in [-0.1, -0.05) is 41.9 Å². The van der Waals surface area contributed by atoms with Gasteiger partial charge < -0.3 is 20.5 Å². The highest BCUT2D eigenvalue weighted by Crippen LogP contribution is 2.42. The quantitative estimate of drug-likeness (QED) is 0.251. The lowest BCUT2D eigenvalue weighted by molar-refractivity contribution is 0.103. The van der Waals surface area contributed by atoms with Crippen LogP contribution in [-0.4, -0.2) is 25.1 Å². The molecule has 0 radical (unpaired) electrons. The summed E-state index contributed by atoms with van der Waals surface area (Å²) in [6, 6.07) is 24.7. The number of pyridine rings is 1. The number of carbonyl (C=O) groups excluding carboxylic acids is 1. The predicted molar refractivity (Wildman–Crippen MR) is 147 cm³/mol. The first-order valence-electron chi connectivity index (χ1n) is 11.1. The molecule has 8 heteroatoms. The number of hydrogen-bond acceptors (Lipinski definition) is 6. The Morgan fingerprint density at radius 3 is 2.39 bits per heavy atom. The van der Waals surface area contributed by atoms with E-state index in [-0.39, 0.29) is 5.91 Å². The van der Waals surface area contributed by atoms with Crippen LogP contribution in [0.15, 0.2) is 78.9 Å². The number of nitrogens with two attached hydrogens (primary N) is 1. The van der Waals surface area contributed by atoms with Crippen molar-refractivity contribution >= 4 is 50.4 Å². The molecule has 6 nitrogen and oxygen atoms in total. The van der Waals surface area contributed by atoms with E-state index in [1.54, 1.807) is 25.3 Å². The summed E-state index contributed by atoms with van der Waals surface area (Å²) in [5.74, 6) is 0.900. The number of nitrogens with one attached hydrogen (secondary N) is 1. The van der Waals surface area contributed by atoms with E-state index in [1.165, 1.54) is 18.4 Å². The largest absolute Gasteiger partial charge is 0.497 e. The number of aromatic nitrogens is 1. The molecular formula is C28H22ClN3O3S. The molecular weight excluding hydrogens is 494 g/mol. The van der Waals surface area contributed by atoms with Crippen molar-refractivity contribution in [1.29, 1.82) is 0 Å². The van der Waals surface area contributed by atoms with E-state index in [0.717, 1.165) is 33.5 Å². The van der Waals surface area contributed by atoms with Crippen molar-refractivity contribution < 1.29 is 14.3 Å². The average Bonchev–Trinajstić information content (AvgIpc) is 3.25. The van der Waals surface area contributed by atoms with Crippen LogP contribution < -0.4 is 20.5 Å². The first-order valence-corrected chi connectivity index (χ1v) is 12.3. The number of benzene rings is 3. The van der Waals surface area contributed by atoms with Gasteiger partial charge in [0.1, 0.15) is 21.2 Å². The minimum Gasteiger partial charge on any atom is -0.497 e. The van der Waals surface area contributed by atoms with Gasteiger partial charge in [-0.15, -0.1) is 11.3 Å². The predicted octanol–water partition coefficient (Wildman–Crippen LogP) is 7.14. The number of hydrogen-bond donors (Lipinski definition) is 2. The van der Waals surface area contributed by atoms with E-state index >= 15 is 0 Å². The molecule has 1 amide bonds. The second-order valence-corrected chi connectivity index (χ2v) is 9.41. The Morgan fingerprint density at radius 2 is 1.69 bits per heavy atom. The zero-order valence-electron chi connectivity index (χ0n) is 19.5. The number of nitrogens with zero attached hydrogens (tertiary/aromatic N) is 1. The molecule has 0 atom stereocenters. The van der Waals surface area contributed by atoms with E-state index in [1.807, 2.05) is 60.7 Å². The molecule has 0 aliphatic rings. The number of amides is 1. The lowest BCUT2D eigenvalue weighted by atomic mass is 9.99. The monoisotopic (exact) mass is 515 g/mol. The first-order chi connectivity index (χ1) is 17.5. The van der Waals surface area contributed by atoms with Crippen LogP contribution >= 0.6 is 22.9 Å². The van der Waals surface area contributed by atoms with Crippen LogP contribution in [0.1, 0.15) is 9.67 Å². The van der Waals surface area contributed by atoms with Crippen molar-refractivity contribution in [3.63, 3.8) is 0 Å². The van der Waals surface area contributed by atoms with Crippen LogP contribution in [0.4, 0.5) is 11.4 Å². The molecule has 2 aromatic heterocycles. The molecule has 0 fully saturated rings. The summed E-state index contributed by atoms with van der Waals surface area (Å²) < 4.78 is 10.7. The fraction of sp³-hybridized carbons (Fsp3) is 0.0714. The Hall–Kier alpha value is -4.07. The summed E-state index contributed by atoms with van der Waals surface area (Å²) in [7, 11) is 3.16. The third kappa shape index (κ3) is 4.46. The Kier molecular flexibility index (Phi) is 6.50. The summed E-state index contributed by atoms with van der Waals surface area (Å²) in [6.45, 7) is 0. The molecule has 2 heterocycles. The summed E-state index contributed by atoms with van der Waals surface area (Å²) in [5, 5.41) is 4.10.